The summed E-state index contributed by atoms with van der Waals surface area (Å²) in [6, 6.07) is 13.3. The number of nitrogens with one attached hydrogen (secondary N) is 1. The Bertz CT molecular complexity index is 1290. The second kappa shape index (κ2) is 7.65. The Morgan fingerprint density at radius 2 is 1.76 bits per heavy atom. The molecular weight excluding hydrogens is 417 g/mol. The van der Waals surface area contributed by atoms with Crippen molar-refractivity contribution in [2.45, 2.75) is 19.3 Å². The minimum absolute atomic E-state index is 0.340. The number of pyridine rings is 2. The van der Waals surface area contributed by atoms with Gasteiger partial charge in [0.25, 0.3) is 0 Å². The number of halogens is 1. The van der Waals surface area contributed by atoms with Crippen molar-refractivity contribution in [3.63, 3.8) is 0 Å². The summed E-state index contributed by atoms with van der Waals surface area (Å²) in [6.07, 6.45) is 8.74. The van der Waals surface area contributed by atoms with Gasteiger partial charge in [0.05, 0.1) is 6.20 Å². The third kappa shape index (κ3) is 3.61. The van der Waals surface area contributed by atoms with Crippen molar-refractivity contribution in [2.75, 3.05) is 23.3 Å². The van der Waals surface area contributed by atoms with E-state index in [4.69, 9.17) is 0 Å². The largest absolute Gasteiger partial charge is 0.355 e. The van der Waals surface area contributed by atoms with E-state index < -0.39 is 0 Å². The molecule has 0 radical (unpaired) electrons. The first-order valence-corrected chi connectivity index (χ1v) is 11.2. The molecule has 1 N–H and O–H groups in total. The third-order valence-corrected chi connectivity index (χ3v) is 6.78. The van der Waals surface area contributed by atoms with E-state index in [2.05, 4.69) is 36.3 Å². The van der Waals surface area contributed by atoms with E-state index in [1.54, 1.807) is 16.9 Å². The van der Waals surface area contributed by atoms with E-state index >= 15 is 0 Å². The van der Waals surface area contributed by atoms with Crippen molar-refractivity contribution in [2.24, 2.45) is 12.5 Å². The van der Waals surface area contributed by atoms with Crippen LogP contribution in [-0.4, -0.2) is 37.8 Å². The predicted molar refractivity (Wildman–Crippen MR) is 126 cm³/mol. The van der Waals surface area contributed by atoms with E-state index in [0.717, 1.165) is 35.7 Å². The number of anilines is 3. The molecule has 0 bridgehead atoms. The highest BCUT2D eigenvalue weighted by molar-refractivity contribution is 5.68. The van der Waals surface area contributed by atoms with Crippen LogP contribution < -0.4 is 10.2 Å². The topological polar surface area (TPSA) is 71.8 Å². The fourth-order valence-electron chi connectivity index (χ4n) is 4.71. The Morgan fingerprint density at radius 1 is 0.970 bits per heavy atom. The van der Waals surface area contributed by atoms with Crippen LogP contribution in [0.15, 0.2) is 61.1 Å². The zero-order valence-electron chi connectivity index (χ0n) is 18.4. The van der Waals surface area contributed by atoms with Crippen LogP contribution in [0.1, 0.15) is 19.3 Å². The average molecular weight is 442 g/mol. The molecule has 166 valence electrons. The number of rotatable bonds is 5. The maximum absolute atomic E-state index is 14.0. The van der Waals surface area contributed by atoms with Crippen LogP contribution in [0.3, 0.4) is 0 Å². The van der Waals surface area contributed by atoms with Gasteiger partial charge in [-0.05, 0) is 48.7 Å². The van der Waals surface area contributed by atoms with Gasteiger partial charge in [-0.2, -0.15) is 4.98 Å². The number of hydrogen-bond donors (Lipinski definition) is 1. The molecule has 8 heteroatoms. The van der Waals surface area contributed by atoms with Crippen molar-refractivity contribution in [1.82, 2.24) is 24.7 Å². The molecule has 1 aliphatic heterocycles. The Morgan fingerprint density at radius 3 is 2.42 bits per heavy atom. The maximum Gasteiger partial charge on any atom is 0.225 e. The molecule has 4 aromatic rings. The van der Waals surface area contributed by atoms with Crippen molar-refractivity contribution >= 4 is 17.5 Å². The molecule has 7 nitrogen and oxygen atoms in total. The molecule has 1 aromatic carbocycles. The van der Waals surface area contributed by atoms with E-state index in [-0.39, 0.29) is 5.82 Å². The lowest BCUT2D eigenvalue weighted by atomic mass is 9.63. The SMILES string of the molecule is Cn1nc(-c2ccc(N3CC4(CCC4)C3)nc2)nc1Nc1ccc(-c2ccncc2F)cc1. The summed E-state index contributed by atoms with van der Waals surface area (Å²) in [6.45, 7) is 2.25. The summed E-state index contributed by atoms with van der Waals surface area (Å²) < 4.78 is 15.7. The minimum Gasteiger partial charge on any atom is -0.355 e. The number of benzene rings is 1. The van der Waals surface area contributed by atoms with Crippen LogP contribution in [0.2, 0.25) is 0 Å². The number of aryl methyl sites for hydroxylation is 1. The first-order valence-electron chi connectivity index (χ1n) is 11.2. The molecule has 0 atom stereocenters. The molecule has 1 aliphatic carbocycles. The summed E-state index contributed by atoms with van der Waals surface area (Å²) in [7, 11) is 1.85. The van der Waals surface area contributed by atoms with E-state index in [9.17, 15) is 4.39 Å². The Balaban J connectivity index is 1.15. The molecule has 6 rings (SSSR count). The lowest BCUT2D eigenvalue weighted by Gasteiger charge is -2.56. The molecular formula is C25H24FN7. The first-order chi connectivity index (χ1) is 16.1. The second-order valence-corrected chi connectivity index (χ2v) is 9.06. The molecule has 4 heterocycles. The van der Waals surface area contributed by atoms with Crippen molar-refractivity contribution in [3.8, 4) is 22.5 Å². The van der Waals surface area contributed by atoms with Gasteiger partial charge in [0.2, 0.25) is 5.95 Å². The zero-order valence-corrected chi connectivity index (χ0v) is 18.4. The van der Waals surface area contributed by atoms with Gasteiger partial charge in [-0.15, -0.1) is 5.10 Å². The minimum atomic E-state index is -0.340. The molecule has 3 aromatic heterocycles. The Labute approximate surface area is 191 Å². The van der Waals surface area contributed by atoms with Gasteiger partial charge in [0.15, 0.2) is 5.82 Å². The van der Waals surface area contributed by atoms with Crippen LogP contribution in [-0.2, 0) is 7.05 Å². The quantitative estimate of drug-likeness (QED) is 0.479. The van der Waals surface area contributed by atoms with Crippen LogP contribution in [0, 0.1) is 11.2 Å². The highest BCUT2D eigenvalue weighted by Gasteiger charge is 2.47. The normalized spacial score (nSPS) is 16.4. The van der Waals surface area contributed by atoms with Gasteiger partial charge in [-0.3, -0.25) is 4.98 Å². The van der Waals surface area contributed by atoms with Crippen molar-refractivity contribution in [3.05, 3.63) is 66.9 Å². The van der Waals surface area contributed by atoms with Crippen LogP contribution in [0.5, 0.6) is 0 Å². The monoisotopic (exact) mass is 441 g/mol. The lowest BCUT2D eigenvalue weighted by Crippen LogP contribution is -2.60. The molecule has 1 saturated carbocycles. The van der Waals surface area contributed by atoms with E-state index in [1.807, 2.05) is 43.6 Å². The molecule has 0 unspecified atom stereocenters. The number of hydrogen-bond acceptors (Lipinski definition) is 6. The Hall–Kier alpha value is -3.81. The first kappa shape index (κ1) is 19.8. The number of aromatic nitrogens is 5. The fraction of sp³-hybridized carbons (Fsp3) is 0.280. The smallest absolute Gasteiger partial charge is 0.225 e. The number of nitrogens with zero attached hydrogens (tertiary/aromatic N) is 6. The zero-order chi connectivity index (χ0) is 22.4. The van der Waals surface area contributed by atoms with Crippen LogP contribution >= 0.6 is 0 Å². The van der Waals surface area contributed by atoms with Gasteiger partial charge >= 0.3 is 0 Å². The van der Waals surface area contributed by atoms with Gasteiger partial charge in [-0.1, -0.05) is 18.6 Å². The summed E-state index contributed by atoms with van der Waals surface area (Å²) >= 11 is 0. The van der Waals surface area contributed by atoms with Crippen molar-refractivity contribution in [1.29, 1.82) is 0 Å². The van der Waals surface area contributed by atoms with Crippen LogP contribution in [0.4, 0.5) is 21.8 Å². The highest BCUT2D eigenvalue weighted by Crippen LogP contribution is 2.49. The molecule has 33 heavy (non-hydrogen) atoms. The van der Waals surface area contributed by atoms with Gasteiger partial charge < -0.3 is 10.2 Å². The molecule has 2 aliphatic rings. The summed E-state index contributed by atoms with van der Waals surface area (Å²) in [5.41, 5.74) is 3.61. The summed E-state index contributed by atoms with van der Waals surface area (Å²) in [5.74, 6) is 1.92. The average Bonchev–Trinajstić information content (AvgIpc) is 3.13. The molecule has 1 saturated heterocycles. The van der Waals surface area contributed by atoms with E-state index in [1.165, 1.54) is 25.5 Å². The fourth-order valence-corrected chi connectivity index (χ4v) is 4.71. The van der Waals surface area contributed by atoms with Crippen molar-refractivity contribution < 1.29 is 4.39 Å². The standard InChI is InChI=1S/C25H24FN7/c1-32-24(29-19-6-3-17(4-7-19)20-9-12-27-14-21(20)26)30-23(31-32)18-5-8-22(28-13-18)33-15-25(16-33)10-2-11-25/h3-9,12-14H,2,10-11,15-16H2,1H3,(H,29,30,31). The summed E-state index contributed by atoms with van der Waals surface area (Å²) in [5, 5.41) is 7.82. The van der Waals surface area contributed by atoms with Gasteiger partial charge in [-0.25, -0.2) is 14.1 Å². The van der Waals surface area contributed by atoms with Crippen LogP contribution in [0.25, 0.3) is 22.5 Å². The second-order valence-electron chi connectivity index (χ2n) is 9.06. The maximum atomic E-state index is 14.0. The molecule has 2 fully saturated rings. The Kier molecular flexibility index (Phi) is 4.60. The van der Waals surface area contributed by atoms with Gasteiger partial charge in [0, 0.05) is 54.8 Å². The summed E-state index contributed by atoms with van der Waals surface area (Å²) in [4.78, 5) is 15.4. The highest BCUT2D eigenvalue weighted by atomic mass is 19.1. The predicted octanol–water partition coefficient (Wildman–Crippen LogP) is 4.81. The lowest BCUT2D eigenvalue weighted by molar-refractivity contribution is 0.0896. The molecule has 1 spiro atoms. The van der Waals surface area contributed by atoms with Gasteiger partial charge in [0.1, 0.15) is 11.6 Å². The third-order valence-electron chi connectivity index (χ3n) is 6.78. The molecule has 0 amide bonds. The van der Waals surface area contributed by atoms with E-state index in [0.29, 0.717) is 22.8 Å².